The van der Waals surface area contributed by atoms with E-state index in [-0.39, 0.29) is 23.5 Å². The molecule has 3 heterocycles. The first-order valence-electron chi connectivity index (χ1n) is 12.0. The third kappa shape index (κ3) is 4.70. The lowest BCUT2D eigenvalue weighted by Crippen LogP contribution is -2.44. The van der Waals surface area contributed by atoms with Crippen molar-refractivity contribution in [1.29, 1.82) is 0 Å². The van der Waals surface area contributed by atoms with Gasteiger partial charge in [0.1, 0.15) is 5.56 Å². The summed E-state index contributed by atoms with van der Waals surface area (Å²) < 4.78 is 3.63. The molecule has 2 amide bonds. The highest BCUT2D eigenvalue weighted by atomic mass is 16.2. The molecule has 8 nitrogen and oxygen atoms in total. The molecule has 1 atom stereocenters. The first-order chi connectivity index (χ1) is 17.5. The molecule has 0 aliphatic carbocycles. The lowest BCUT2D eigenvalue weighted by atomic mass is 9.96. The molecule has 1 aliphatic rings. The van der Waals surface area contributed by atoms with Crippen molar-refractivity contribution in [2.24, 2.45) is 5.92 Å². The van der Waals surface area contributed by atoms with Crippen molar-refractivity contribution in [2.75, 3.05) is 18.4 Å². The maximum atomic E-state index is 13.7. The fourth-order valence-electron chi connectivity index (χ4n) is 4.58. The third-order valence-electron chi connectivity index (χ3n) is 6.44. The second kappa shape index (κ2) is 10.0. The Morgan fingerprint density at radius 2 is 1.75 bits per heavy atom. The normalized spacial score (nSPS) is 15.5. The second-order valence-electron chi connectivity index (χ2n) is 8.94. The van der Waals surface area contributed by atoms with Gasteiger partial charge in [-0.15, -0.1) is 0 Å². The zero-order valence-electron chi connectivity index (χ0n) is 20.0. The summed E-state index contributed by atoms with van der Waals surface area (Å²) in [5.74, 6) is -0.0578. The van der Waals surface area contributed by atoms with Crippen molar-refractivity contribution in [2.45, 2.75) is 19.8 Å². The minimum atomic E-state index is -0.345. The van der Waals surface area contributed by atoms with E-state index < -0.39 is 0 Å². The van der Waals surface area contributed by atoms with E-state index in [1.807, 2.05) is 59.4 Å². The lowest BCUT2D eigenvalue weighted by Gasteiger charge is -2.32. The van der Waals surface area contributed by atoms with E-state index in [1.165, 1.54) is 6.92 Å². The Kier molecular flexibility index (Phi) is 6.49. The number of hydrogen-bond donors (Lipinski definition) is 1. The molecule has 2 aromatic heterocycles. The molecule has 0 bridgehead atoms. The van der Waals surface area contributed by atoms with Crippen molar-refractivity contribution < 1.29 is 14.4 Å². The van der Waals surface area contributed by atoms with Gasteiger partial charge in [-0.3, -0.25) is 14.4 Å². The second-order valence-corrected chi connectivity index (χ2v) is 8.94. The number of rotatable bonds is 6. The van der Waals surface area contributed by atoms with Crippen molar-refractivity contribution >= 4 is 23.3 Å². The van der Waals surface area contributed by atoms with Crippen LogP contribution in [0.2, 0.25) is 0 Å². The van der Waals surface area contributed by atoms with Crippen LogP contribution < -0.4 is 5.32 Å². The molecule has 0 saturated carbocycles. The molecule has 0 spiro atoms. The number of carbonyl (C=O) groups is 3. The van der Waals surface area contributed by atoms with Crippen molar-refractivity contribution in [3.63, 3.8) is 0 Å². The van der Waals surface area contributed by atoms with E-state index in [1.54, 1.807) is 40.0 Å². The summed E-state index contributed by atoms with van der Waals surface area (Å²) in [7, 11) is 0. The highest BCUT2D eigenvalue weighted by molar-refractivity contribution is 5.99. The van der Waals surface area contributed by atoms with Gasteiger partial charge in [-0.05, 0) is 56.2 Å². The molecule has 1 N–H and O–H groups in total. The number of piperidine rings is 1. The molecule has 8 heteroatoms. The van der Waals surface area contributed by atoms with E-state index in [0.717, 1.165) is 12.1 Å². The first-order valence-corrected chi connectivity index (χ1v) is 12.0. The number of anilines is 1. The third-order valence-corrected chi connectivity index (χ3v) is 6.44. The molecule has 1 saturated heterocycles. The molecule has 4 aromatic rings. The standard InChI is InChI=1S/C28H27N5O3/c1-20(34)21-9-7-11-23(17-21)30-26(35)22-10-8-16-32(19-22)28(36)25-18-29-33(24-12-3-2-4-13-24)27(25)31-14-5-6-15-31/h2-7,9,11-15,17-18,22H,8,10,16,19H2,1H3,(H,30,35)/t22-/m1/s1. The Morgan fingerprint density at radius 3 is 2.50 bits per heavy atom. The number of para-hydroxylation sites is 1. The molecule has 36 heavy (non-hydrogen) atoms. The van der Waals surface area contributed by atoms with Gasteiger partial charge in [0, 0.05) is 36.7 Å². The van der Waals surface area contributed by atoms with E-state index in [9.17, 15) is 14.4 Å². The number of ketones is 1. The number of nitrogens with zero attached hydrogens (tertiary/aromatic N) is 4. The van der Waals surface area contributed by atoms with Crippen molar-refractivity contribution in [3.05, 3.63) is 96.4 Å². The van der Waals surface area contributed by atoms with E-state index >= 15 is 0 Å². The summed E-state index contributed by atoms with van der Waals surface area (Å²) in [6.45, 7) is 2.39. The van der Waals surface area contributed by atoms with Crippen LogP contribution in [-0.4, -0.2) is 49.9 Å². The summed E-state index contributed by atoms with van der Waals surface area (Å²) in [5.41, 5.74) is 2.45. The Hall–Kier alpha value is -4.46. The number of amides is 2. The van der Waals surface area contributed by atoms with Crippen LogP contribution in [0.1, 0.15) is 40.5 Å². The van der Waals surface area contributed by atoms with Gasteiger partial charge < -0.3 is 14.8 Å². The van der Waals surface area contributed by atoms with E-state index in [2.05, 4.69) is 10.4 Å². The van der Waals surface area contributed by atoms with Crippen LogP contribution in [0.25, 0.3) is 11.5 Å². The Morgan fingerprint density at radius 1 is 0.972 bits per heavy atom. The molecule has 1 fully saturated rings. The number of nitrogens with one attached hydrogen (secondary N) is 1. The molecular formula is C28H27N5O3. The number of likely N-dealkylation sites (tertiary alicyclic amines) is 1. The quantitative estimate of drug-likeness (QED) is 0.415. The fourth-order valence-corrected chi connectivity index (χ4v) is 4.58. The van der Waals surface area contributed by atoms with Crippen LogP contribution in [0, 0.1) is 5.92 Å². The lowest BCUT2D eigenvalue weighted by molar-refractivity contribution is -0.121. The topological polar surface area (TPSA) is 89.2 Å². The Balaban J connectivity index is 1.37. The van der Waals surface area contributed by atoms with Crippen LogP contribution in [-0.2, 0) is 4.79 Å². The van der Waals surface area contributed by atoms with Crippen LogP contribution in [0.3, 0.4) is 0 Å². The predicted molar refractivity (Wildman–Crippen MR) is 137 cm³/mol. The van der Waals surface area contributed by atoms with E-state index in [0.29, 0.717) is 42.1 Å². The van der Waals surface area contributed by atoms with Gasteiger partial charge in [-0.1, -0.05) is 30.3 Å². The van der Waals surface area contributed by atoms with Gasteiger partial charge in [0.25, 0.3) is 5.91 Å². The average molecular weight is 482 g/mol. The number of Topliss-reactive ketones (excluding diaryl/α,β-unsaturated/α-hetero) is 1. The number of aromatic nitrogens is 3. The van der Waals surface area contributed by atoms with Crippen molar-refractivity contribution in [1.82, 2.24) is 19.2 Å². The van der Waals surface area contributed by atoms with Gasteiger partial charge in [0.05, 0.1) is 17.8 Å². The van der Waals surface area contributed by atoms with Gasteiger partial charge in [-0.2, -0.15) is 5.10 Å². The minimum absolute atomic E-state index is 0.0601. The molecule has 182 valence electrons. The van der Waals surface area contributed by atoms with E-state index in [4.69, 9.17) is 0 Å². The monoisotopic (exact) mass is 481 g/mol. The highest BCUT2D eigenvalue weighted by Crippen LogP contribution is 2.25. The summed E-state index contributed by atoms with van der Waals surface area (Å²) in [6.07, 6.45) is 6.78. The summed E-state index contributed by atoms with van der Waals surface area (Å²) >= 11 is 0. The average Bonchev–Trinajstić information content (AvgIpc) is 3.59. The fraction of sp³-hybridized carbons (Fsp3) is 0.214. The molecule has 1 aliphatic heterocycles. The number of benzene rings is 2. The predicted octanol–water partition coefficient (Wildman–Crippen LogP) is 4.36. The molecular weight excluding hydrogens is 454 g/mol. The SMILES string of the molecule is CC(=O)c1cccc(NC(=O)[C@@H]2CCCN(C(=O)c3cnn(-c4ccccc4)c3-n3cccc3)C2)c1. The molecule has 0 radical (unpaired) electrons. The Labute approximate surface area is 209 Å². The summed E-state index contributed by atoms with van der Waals surface area (Å²) in [4.78, 5) is 40.2. The molecule has 2 aromatic carbocycles. The number of carbonyl (C=O) groups excluding carboxylic acids is 3. The van der Waals surface area contributed by atoms with Crippen LogP contribution >= 0.6 is 0 Å². The van der Waals surface area contributed by atoms with Crippen LogP contribution in [0.15, 0.2) is 85.3 Å². The number of hydrogen-bond acceptors (Lipinski definition) is 4. The first kappa shape index (κ1) is 23.3. The molecule has 5 rings (SSSR count). The maximum absolute atomic E-state index is 13.7. The largest absolute Gasteiger partial charge is 0.338 e. The zero-order valence-corrected chi connectivity index (χ0v) is 20.0. The van der Waals surface area contributed by atoms with Crippen LogP contribution in [0.4, 0.5) is 5.69 Å². The van der Waals surface area contributed by atoms with Crippen LogP contribution in [0.5, 0.6) is 0 Å². The van der Waals surface area contributed by atoms with Gasteiger partial charge in [0.2, 0.25) is 5.91 Å². The minimum Gasteiger partial charge on any atom is -0.338 e. The van der Waals surface area contributed by atoms with Gasteiger partial charge in [0.15, 0.2) is 11.6 Å². The van der Waals surface area contributed by atoms with Gasteiger partial charge >= 0.3 is 0 Å². The maximum Gasteiger partial charge on any atom is 0.259 e. The Bertz CT molecular complexity index is 1390. The highest BCUT2D eigenvalue weighted by Gasteiger charge is 2.31. The van der Waals surface area contributed by atoms with Crippen molar-refractivity contribution in [3.8, 4) is 11.5 Å². The summed E-state index contributed by atoms with van der Waals surface area (Å²) in [6, 6.07) is 20.4. The van der Waals surface area contributed by atoms with Gasteiger partial charge in [-0.25, -0.2) is 4.68 Å². The molecule has 0 unspecified atom stereocenters. The smallest absolute Gasteiger partial charge is 0.259 e. The summed E-state index contributed by atoms with van der Waals surface area (Å²) in [5, 5.41) is 7.45. The zero-order chi connectivity index (χ0) is 25.1.